The molecule has 2 aliphatic heterocycles. The van der Waals surface area contributed by atoms with Crippen LogP contribution in [0.2, 0.25) is 0 Å². The number of aliphatic carboxylic acids is 1. The highest BCUT2D eigenvalue weighted by molar-refractivity contribution is 7.09. The topological polar surface area (TPSA) is 47.0 Å². The van der Waals surface area contributed by atoms with E-state index in [4.69, 9.17) is 5.11 Å². The molecule has 0 saturated carbocycles. The Morgan fingerprint density at radius 3 is 2.75 bits per heavy atom. The van der Waals surface area contributed by atoms with Crippen LogP contribution in [0, 0.1) is 5.92 Å². The number of carboxylic acids is 1. The Hall–Kier alpha value is -0.950. The quantitative estimate of drug-likeness (QED) is 0.850. The first-order chi connectivity index (χ1) is 11.6. The van der Waals surface area contributed by atoms with E-state index in [1.54, 1.807) is 0 Å². The molecule has 3 heterocycles. The SMILES string of the molecule is CN1CCN([C@H]2CCN(Cc3cccs3)C[C@H]2CCC(=O)O)CC1. The number of hydrogen-bond donors (Lipinski definition) is 1. The monoisotopic (exact) mass is 351 g/mol. The first-order valence-corrected chi connectivity index (χ1v) is 9.89. The largest absolute Gasteiger partial charge is 0.481 e. The molecule has 1 aromatic heterocycles. The Bertz CT molecular complexity index is 514. The van der Waals surface area contributed by atoms with E-state index in [0.29, 0.717) is 18.4 Å². The second-order valence-electron chi connectivity index (χ2n) is 7.20. The second-order valence-corrected chi connectivity index (χ2v) is 8.23. The van der Waals surface area contributed by atoms with Gasteiger partial charge in [-0.05, 0) is 37.3 Å². The molecule has 3 rings (SSSR count). The van der Waals surface area contributed by atoms with Gasteiger partial charge in [-0.15, -0.1) is 11.3 Å². The summed E-state index contributed by atoms with van der Waals surface area (Å²) in [5.74, 6) is -0.194. The predicted octanol–water partition coefficient (Wildman–Crippen LogP) is 2.05. The zero-order chi connectivity index (χ0) is 16.9. The summed E-state index contributed by atoms with van der Waals surface area (Å²) in [6, 6.07) is 4.86. The molecule has 2 aliphatic rings. The Kier molecular flexibility index (Phi) is 6.27. The number of piperidine rings is 1. The highest BCUT2D eigenvalue weighted by Crippen LogP contribution is 2.28. The van der Waals surface area contributed by atoms with Crippen LogP contribution >= 0.6 is 11.3 Å². The molecule has 1 N–H and O–H groups in total. The first-order valence-electron chi connectivity index (χ1n) is 9.01. The Morgan fingerprint density at radius 2 is 2.08 bits per heavy atom. The van der Waals surface area contributed by atoms with Gasteiger partial charge in [-0.3, -0.25) is 14.6 Å². The van der Waals surface area contributed by atoms with Crippen LogP contribution in [0.25, 0.3) is 0 Å². The Labute approximate surface area is 148 Å². The van der Waals surface area contributed by atoms with Gasteiger partial charge in [-0.1, -0.05) is 6.07 Å². The summed E-state index contributed by atoms with van der Waals surface area (Å²) in [7, 11) is 2.18. The maximum absolute atomic E-state index is 11.1. The average molecular weight is 352 g/mol. The summed E-state index contributed by atoms with van der Waals surface area (Å²) < 4.78 is 0. The minimum Gasteiger partial charge on any atom is -0.481 e. The van der Waals surface area contributed by atoms with Crippen LogP contribution in [-0.2, 0) is 11.3 Å². The third-order valence-electron chi connectivity index (χ3n) is 5.47. The summed E-state index contributed by atoms with van der Waals surface area (Å²) in [5, 5.41) is 11.2. The maximum Gasteiger partial charge on any atom is 0.303 e. The zero-order valence-electron chi connectivity index (χ0n) is 14.6. The van der Waals surface area contributed by atoms with Gasteiger partial charge in [0, 0.05) is 63.2 Å². The van der Waals surface area contributed by atoms with E-state index < -0.39 is 5.97 Å². The van der Waals surface area contributed by atoms with E-state index in [1.165, 1.54) is 11.3 Å². The first kappa shape index (κ1) is 17.9. The third kappa shape index (κ3) is 4.79. The number of likely N-dealkylation sites (tertiary alicyclic amines) is 1. The van der Waals surface area contributed by atoms with Crippen molar-refractivity contribution in [3.8, 4) is 0 Å². The van der Waals surface area contributed by atoms with Crippen LogP contribution in [0.3, 0.4) is 0 Å². The van der Waals surface area contributed by atoms with Crippen LogP contribution in [0.5, 0.6) is 0 Å². The van der Waals surface area contributed by atoms with Crippen LogP contribution in [0.4, 0.5) is 0 Å². The molecule has 0 spiro atoms. The molecule has 0 aliphatic carbocycles. The molecule has 134 valence electrons. The van der Waals surface area contributed by atoms with E-state index in [-0.39, 0.29) is 0 Å². The van der Waals surface area contributed by atoms with Gasteiger partial charge in [0.2, 0.25) is 0 Å². The minimum atomic E-state index is -0.664. The highest BCUT2D eigenvalue weighted by atomic mass is 32.1. The average Bonchev–Trinajstić information content (AvgIpc) is 3.07. The number of rotatable bonds is 6. The van der Waals surface area contributed by atoms with Crippen molar-refractivity contribution in [3.63, 3.8) is 0 Å². The lowest BCUT2D eigenvalue weighted by Crippen LogP contribution is -2.56. The molecule has 0 radical (unpaired) electrons. The Balaban J connectivity index is 1.61. The van der Waals surface area contributed by atoms with Gasteiger partial charge < -0.3 is 10.0 Å². The predicted molar refractivity (Wildman–Crippen MR) is 97.4 cm³/mol. The number of nitrogens with zero attached hydrogens (tertiary/aromatic N) is 3. The van der Waals surface area contributed by atoms with Crippen molar-refractivity contribution in [2.75, 3.05) is 46.3 Å². The smallest absolute Gasteiger partial charge is 0.303 e. The molecule has 0 aromatic carbocycles. The molecule has 1 aromatic rings. The molecule has 0 amide bonds. The normalized spacial score (nSPS) is 27.4. The van der Waals surface area contributed by atoms with Gasteiger partial charge in [0.15, 0.2) is 0 Å². The number of carbonyl (C=O) groups is 1. The van der Waals surface area contributed by atoms with E-state index in [2.05, 4.69) is 39.3 Å². The van der Waals surface area contributed by atoms with Crippen molar-refractivity contribution in [3.05, 3.63) is 22.4 Å². The van der Waals surface area contributed by atoms with E-state index in [1.807, 2.05) is 11.3 Å². The van der Waals surface area contributed by atoms with Crippen molar-refractivity contribution < 1.29 is 9.90 Å². The van der Waals surface area contributed by atoms with Crippen LogP contribution < -0.4 is 0 Å². The number of carboxylic acid groups (broad SMARTS) is 1. The Morgan fingerprint density at radius 1 is 1.29 bits per heavy atom. The van der Waals surface area contributed by atoms with Gasteiger partial charge in [0.05, 0.1) is 0 Å². The van der Waals surface area contributed by atoms with E-state index in [0.717, 1.165) is 52.2 Å². The molecular weight excluding hydrogens is 322 g/mol. The van der Waals surface area contributed by atoms with Gasteiger partial charge in [0.25, 0.3) is 0 Å². The van der Waals surface area contributed by atoms with Crippen LogP contribution in [-0.4, -0.2) is 78.1 Å². The van der Waals surface area contributed by atoms with Crippen LogP contribution in [0.15, 0.2) is 17.5 Å². The molecule has 0 unspecified atom stereocenters. The summed E-state index contributed by atoms with van der Waals surface area (Å²) in [6.07, 6.45) is 2.26. The lowest BCUT2D eigenvalue weighted by molar-refractivity contribution is -0.137. The molecule has 6 heteroatoms. The lowest BCUT2D eigenvalue weighted by Gasteiger charge is -2.46. The molecule has 24 heavy (non-hydrogen) atoms. The number of thiophene rings is 1. The van der Waals surface area contributed by atoms with Gasteiger partial charge in [0.1, 0.15) is 0 Å². The van der Waals surface area contributed by atoms with Gasteiger partial charge in [-0.2, -0.15) is 0 Å². The molecular formula is C18H29N3O2S. The fourth-order valence-electron chi connectivity index (χ4n) is 4.09. The number of piperazine rings is 1. The van der Waals surface area contributed by atoms with E-state index >= 15 is 0 Å². The van der Waals surface area contributed by atoms with Crippen molar-refractivity contribution >= 4 is 17.3 Å². The molecule has 2 saturated heterocycles. The number of hydrogen-bond acceptors (Lipinski definition) is 5. The van der Waals surface area contributed by atoms with E-state index in [9.17, 15) is 4.79 Å². The lowest BCUT2D eigenvalue weighted by atomic mass is 9.86. The molecule has 0 bridgehead atoms. The van der Waals surface area contributed by atoms with Crippen LogP contribution in [0.1, 0.15) is 24.1 Å². The summed E-state index contributed by atoms with van der Waals surface area (Å²) in [5.41, 5.74) is 0. The number of likely N-dealkylation sites (N-methyl/N-ethyl adjacent to an activating group) is 1. The van der Waals surface area contributed by atoms with Gasteiger partial charge in [-0.25, -0.2) is 0 Å². The van der Waals surface area contributed by atoms with Gasteiger partial charge >= 0.3 is 5.97 Å². The zero-order valence-corrected chi connectivity index (χ0v) is 15.4. The summed E-state index contributed by atoms with van der Waals surface area (Å²) in [4.78, 5) is 20.0. The fourth-order valence-corrected chi connectivity index (χ4v) is 4.83. The standard InChI is InChI=1S/C18H29N3O2S/c1-19-8-10-21(11-9-19)17-6-7-20(14-16-3-2-12-24-16)13-15(17)4-5-18(22)23/h2-3,12,15,17H,4-11,13-14H2,1H3,(H,22,23)/t15-,17+/m1/s1. The summed E-state index contributed by atoms with van der Waals surface area (Å²) in [6.45, 7) is 7.66. The van der Waals surface area contributed by atoms with Crippen molar-refractivity contribution in [1.29, 1.82) is 0 Å². The second kappa shape index (κ2) is 8.43. The molecule has 5 nitrogen and oxygen atoms in total. The fraction of sp³-hybridized carbons (Fsp3) is 0.722. The summed E-state index contributed by atoms with van der Waals surface area (Å²) >= 11 is 1.81. The maximum atomic E-state index is 11.1. The van der Waals surface area contributed by atoms with Crippen molar-refractivity contribution in [2.45, 2.75) is 31.8 Å². The van der Waals surface area contributed by atoms with Crippen molar-refractivity contribution in [2.24, 2.45) is 5.92 Å². The highest BCUT2D eigenvalue weighted by Gasteiger charge is 2.34. The van der Waals surface area contributed by atoms with Crippen molar-refractivity contribution in [1.82, 2.24) is 14.7 Å². The molecule has 2 fully saturated rings. The third-order valence-corrected chi connectivity index (χ3v) is 6.33. The minimum absolute atomic E-state index is 0.293. The molecule has 2 atom stereocenters.